The van der Waals surface area contributed by atoms with Crippen molar-refractivity contribution >= 4 is 53.2 Å². The van der Waals surface area contributed by atoms with Gasteiger partial charge in [-0.05, 0) is 86.5 Å². The summed E-state index contributed by atoms with van der Waals surface area (Å²) >= 11 is 0. The number of rotatable bonds is 11. The minimum Gasteiger partial charge on any atom is -0.508 e. The van der Waals surface area contributed by atoms with Crippen molar-refractivity contribution in [2.24, 2.45) is 17.8 Å². The van der Waals surface area contributed by atoms with Crippen LogP contribution in [0.1, 0.15) is 111 Å². The van der Waals surface area contributed by atoms with Crippen LogP contribution < -0.4 is 26.6 Å². The molecule has 394 valence electrons. The molecule has 3 fully saturated rings. The molecule has 3 aliphatic heterocycles. The van der Waals surface area contributed by atoms with Gasteiger partial charge in [0.2, 0.25) is 47.3 Å². The molecule has 3 saturated heterocycles. The monoisotopic (exact) mass is 1000 g/mol. The Kier molecular flexibility index (Phi) is 20.1. The fraction of sp³-hybridized carbons (Fsp3) is 0.604. The second kappa shape index (κ2) is 25.7. The predicted octanol–water partition coefficient (Wildman–Crippen LogP) is 2.51. The van der Waals surface area contributed by atoms with Crippen LogP contribution in [0.5, 0.6) is 5.75 Å². The Morgan fingerprint density at radius 2 is 1.21 bits per heavy atom. The normalized spacial score (nSPS) is 26.8. The van der Waals surface area contributed by atoms with Crippen molar-refractivity contribution in [3.63, 3.8) is 0 Å². The summed E-state index contributed by atoms with van der Waals surface area (Å²) in [5.74, 6) is -6.64. The van der Waals surface area contributed by atoms with Crippen LogP contribution in [-0.4, -0.2) is 148 Å². The molecule has 2 aromatic rings. The average molecular weight is 1000 g/mol. The van der Waals surface area contributed by atoms with Gasteiger partial charge >= 0.3 is 5.97 Å². The summed E-state index contributed by atoms with van der Waals surface area (Å²) in [6.45, 7) is 14.3. The lowest BCUT2D eigenvalue weighted by Crippen LogP contribution is -2.61. The SMILES string of the molecule is CCC(=O)NC1C(=O)N[C@H](Cc2ccccc2)C(=O)NC(CC(C)C)C(=O)N[C@H](C(C)C)C(=O)N2CCC[C@H]2C(=O)NC(CC(C)C)C(=O)N(C)[C@H](Cc2ccc(O)cc2)C(=O)N2CCC[C@@H]2C(=O)O[C@H]1C. The van der Waals surface area contributed by atoms with E-state index in [1.165, 1.54) is 40.8 Å². The Morgan fingerprint density at radius 1 is 0.667 bits per heavy atom. The molecule has 2 aromatic carbocycles. The number of benzene rings is 2. The standard InChI is InChI=1S/C53H76N8O11/c1-10-43(63)57-45-33(8)72-53(71)41-19-15-25-61(41)51(69)42(29-35-20-22-36(62)23-21-35)59(9)50(68)39(27-31(4)5)56-48(66)40-18-14-24-60(40)52(70)44(32(6)7)58-47(65)37(26-30(2)3)54-46(64)38(55-49(45)67)28-34-16-12-11-13-17-34/h11-13,16-17,20-23,30-33,37-42,44-45,62H,10,14-15,18-19,24-29H2,1-9H3,(H,54,64)(H,55,67)(H,56,66)(H,57,63)(H,58,65)/t33-,37?,38+,39?,40-,41+,42+,44+,45?/m0/s1. The topological polar surface area (TPSA) is 253 Å². The van der Waals surface area contributed by atoms with E-state index in [4.69, 9.17) is 4.74 Å². The van der Waals surface area contributed by atoms with Crippen molar-refractivity contribution in [2.45, 2.75) is 168 Å². The van der Waals surface area contributed by atoms with E-state index < -0.39 is 114 Å². The third kappa shape index (κ3) is 14.8. The molecule has 0 spiro atoms. The van der Waals surface area contributed by atoms with E-state index in [0.717, 1.165) is 0 Å². The highest BCUT2D eigenvalue weighted by Gasteiger charge is 2.45. The van der Waals surface area contributed by atoms with E-state index >= 15 is 0 Å². The zero-order valence-electron chi connectivity index (χ0n) is 43.3. The first-order chi connectivity index (χ1) is 34.1. The lowest BCUT2D eigenvalue weighted by molar-refractivity contribution is -0.161. The van der Waals surface area contributed by atoms with Crippen LogP contribution in [0.2, 0.25) is 0 Å². The molecule has 19 nitrogen and oxygen atoms in total. The molecule has 0 aliphatic carbocycles. The second-order valence-corrected chi connectivity index (χ2v) is 20.6. The predicted molar refractivity (Wildman–Crippen MR) is 267 cm³/mol. The maximum absolute atomic E-state index is 15.0. The molecule has 72 heavy (non-hydrogen) atoms. The van der Waals surface area contributed by atoms with Gasteiger partial charge in [-0.15, -0.1) is 0 Å². The van der Waals surface area contributed by atoms with Gasteiger partial charge < -0.3 is 51.1 Å². The Labute approximate surface area is 423 Å². The largest absolute Gasteiger partial charge is 0.508 e. The number of fused-ring (bicyclic) bond motifs is 2. The number of nitrogens with zero attached hydrogens (tertiary/aromatic N) is 3. The molecular weight excluding hydrogens is 925 g/mol. The summed E-state index contributed by atoms with van der Waals surface area (Å²) in [5.41, 5.74) is 1.25. The molecule has 8 amide bonds. The quantitative estimate of drug-likeness (QED) is 0.179. The van der Waals surface area contributed by atoms with Gasteiger partial charge in [0.15, 0.2) is 0 Å². The van der Waals surface area contributed by atoms with Crippen LogP contribution in [0.4, 0.5) is 0 Å². The zero-order valence-corrected chi connectivity index (χ0v) is 43.3. The highest BCUT2D eigenvalue weighted by Crippen LogP contribution is 2.26. The molecule has 3 aliphatic rings. The highest BCUT2D eigenvalue weighted by atomic mass is 16.5. The molecule has 3 heterocycles. The van der Waals surface area contributed by atoms with E-state index in [0.29, 0.717) is 24.0 Å². The summed E-state index contributed by atoms with van der Waals surface area (Å²) in [4.78, 5) is 134. The van der Waals surface area contributed by atoms with Gasteiger partial charge in [-0.25, -0.2) is 4.79 Å². The summed E-state index contributed by atoms with van der Waals surface area (Å²) in [7, 11) is 1.46. The first-order valence-corrected chi connectivity index (χ1v) is 25.5. The number of carbonyl (C=O) groups excluding carboxylic acids is 9. The number of phenolic OH excluding ortho intramolecular Hbond substituents is 1. The number of hydrogen-bond acceptors (Lipinski definition) is 11. The van der Waals surface area contributed by atoms with E-state index in [2.05, 4.69) is 26.6 Å². The van der Waals surface area contributed by atoms with E-state index in [-0.39, 0.29) is 75.6 Å². The molecule has 0 bridgehead atoms. The Morgan fingerprint density at radius 3 is 1.81 bits per heavy atom. The lowest BCUT2D eigenvalue weighted by Gasteiger charge is -2.36. The Hall–Kier alpha value is -6.53. The third-order valence-corrected chi connectivity index (χ3v) is 13.6. The number of cyclic esters (lactones) is 1. The number of hydrogen-bond donors (Lipinski definition) is 6. The maximum atomic E-state index is 15.0. The van der Waals surface area contributed by atoms with Gasteiger partial charge in [0.1, 0.15) is 60.2 Å². The first kappa shape index (κ1) is 56.4. The minimum atomic E-state index is -1.52. The molecule has 6 N–H and O–H groups in total. The number of ether oxygens (including phenoxy) is 1. The van der Waals surface area contributed by atoms with Gasteiger partial charge in [-0.3, -0.25) is 38.4 Å². The minimum absolute atomic E-state index is 0.0103. The number of carbonyl (C=O) groups is 9. The van der Waals surface area contributed by atoms with E-state index in [9.17, 15) is 48.3 Å². The molecular formula is C53H76N8O11. The van der Waals surface area contributed by atoms with Gasteiger partial charge in [-0.1, -0.05) is 90.9 Å². The molecule has 0 aromatic heterocycles. The van der Waals surface area contributed by atoms with Gasteiger partial charge in [-0.2, -0.15) is 0 Å². The number of aromatic hydroxyl groups is 1. The summed E-state index contributed by atoms with van der Waals surface area (Å²) in [5, 5.41) is 24.1. The Bertz CT molecular complexity index is 2260. The molecule has 3 unspecified atom stereocenters. The first-order valence-electron chi connectivity index (χ1n) is 25.5. The van der Waals surface area contributed by atoms with Crippen LogP contribution >= 0.6 is 0 Å². The number of likely N-dealkylation sites (N-methyl/N-ethyl adjacent to an activating group) is 1. The smallest absolute Gasteiger partial charge is 0.329 e. The average Bonchev–Trinajstić information content (AvgIpc) is 4.04. The lowest BCUT2D eigenvalue weighted by atomic mass is 9.98. The molecule has 0 saturated carbocycles. The molecule has 19 heteroatoms. The van der Waals surface area contributed by atoms with Crippen molar-refractivity contribution in [2.75, 3.05) is 20.1 Å². The number of esters is 1. The third-order valence-electron chi connectivity index (χ3n) is 13.6. The van der Waals surface area contributed by atoms with Gasteiger partial charge in [0, 0.05) is 39.4 Å². The van der Waals surface area contributed by atoms with Crippen molar-refractivity contribution in [3.05, 3.63) is 65.7 Å². The van der Waals surface area contributed by atoms with Crippen LogP contribution in [0, 0.1) is 17.8 Å². The fourth-order valence-corrected chi connectivity index (χ4v) is 9.62. The van der Waals surface area contributed by atoms with Gasteiger partial charge in [0.05, 0.1) is 0 Å². The number of phenols is 1. The summed E-state index contributed by atoms with van der Waals surface area (Å²) < 4.78 is 5.96. The summed E-state index contributed by atoms with van der Waals surface area (Å²) in [6.07, 6.45) is 0.208. The van der Waals surface area contributed by atoms with Crippen LogP contribution in [0.15, 0.2) is 54.6 Å². The van der Waals surface area contributed by atoms with Crippen molar-refractivity contribution in [1.82, 2.24) is 41.3 Å². The maximum Gasteiger partial charge on any atom is 0.329 e. The van der Waals surface area contributed by atoms with Crippen molar-refractivity contribution < 1.29 is 53.0 Å². The number of nitrogens with one attached hydrogen (secondary N) is 5. The van der Waals surface area contributed by atoms with E-state index in [1.807, 2.05) is 27.7 Å². The fourth-order valence-electron chi connectivity index (χ4n) is 9.62. The van der Waals surface area contributed by atoms with Crippen LogP contribution in [0.25, 0.3) is 0 Å². The molecule has 0 radical (unpaired) electrons. The molecule has 5 rings (SSSR count). The Balaban J connectivity index is 1.61. The van der Waals surface area contributed by atoms with Crippen LogP contribution in [0.3, 0.4) is 0 Å². The van der Waals surface area contributed by atoms with Crippen molar-refractivity contribution in [3.8, 4) is 5.75 Å². The van der Waals surface area contributed by atoms with E-state index in [1.54, 1.807) is 63.2 Å². The molecule has 9 atom stereocenters. The van der Waals surface area contributed by atoms with Crippen LogP contribution in [-0.2, 0) is 60.7 Å². The summed E-state index contributed by atoms with van der Waals surface area (Å²) in [6, 6.07) is 5.34. The second-order valence-electron chi connectivity index (χ2n) is 20.6. The van der Waals surface area contributed by atoms with Gasteiger partial charge in [0.25, 0.3) is 0 Å². The van der Waals surface area contributed by atoms with Crippen molar-refractivity contribution in [1.29, 1.82) is 0 Å². The highest BCUT2D eigenvalue weighted by molar-refractivity contribution is 5.98. The number of amides is 8. The zero-order chi connectivity index (χ0) is 53.0.